The molecule has 7 nitrogen and oxygen atoms in total. The summed E-state index contributed by atoms with van der Waals surface area (Å²) in [6, 6.07) is 10.4. The van der Waals surface area contributed by atoms with Gasteiger partial charge < -0.3 is 15.0 Å². The average Bonchev–Trinajstić information content (AvgIpc) is 3.52. The van der Waals surface area contributed by atoms with Crippen molar-refractivity contribution < 1.29 is 23.7 Å². The van der Waals surface area contributed by atoms with E-state index in [0.717, 1.165) is 23.3 Å². The number of hydrogen-bond donors (Lipinski definition) is 2. The first-order valence-electron chi connectivity index (χ1n) is 9.12. The van der Waals surface area contributed by atoms with Gasteiger partial charge in [0.05, 0.1) is 23.8 Å². The van der Waals surface area contributed by atoms with Gasteiger partial charge in [0.15, 0.2) is 6.04 Å². The van der Waals surface area contributed by atoms with E-state index in [4.69, 9.17) is 4.74 Å². The standard InChI is InChI=1S/C20H22FN3O4/c1-13(23(16-7-8-16)12-14-3-5-15(21)6-4-14)20(25)22-18-11-17(24(26)27)9-10-19(18)28-2/h3-6,9-11,13,16H,7-8,12H2,1-2H3,(H,22,25)/p+1/t13-/m1/s1. The highest BCUT2D eigenvalue weighted by atomic mass is 19.1. The van der Waals surface area contributed by atoms with Crippen LogP contribution < -0.4 is 15.0 Å². The van der Waals surface area contributed by atoms with E-state index in [-0.39, 0.29) is 29.1 Å². The summed E-state index contributed by atoms with van der Waals surface area (Å²) in [5.41, 5.74) is 1.10. The van der Waals surface area contributed by atoms with Gasteiger partial charge in [0.1, 0.15) is 18.1 Å². The zero-order chi connectivity index (χ0) is 20.3. The van der Waals surface area contributed by atoms with Gasteiger partial charge in [0.2, 0.25) is 0 Å². The number of nitro benzene ring substituents is 1. The van der Waals surface area contributed by atoms with Crippen molar-refractivity contribution in [3.8, 4) is 5.75 Å². The number of halogens is 1. The van der Waals surface area contributed by atoms with E-state index >= 15 is 0 Å². The van der Waals surface area contributed by atoms with Crippen LogP contribution in [0.4, 0.5) is 15.8 Å². The molecule has 1 aliphatic carbocycles. The second kappa shape index (κ2) is 8.35. The highest BCUT2D eigenvalue weighted by Crippen LogP contribution is 2.29. The minimum absolute atomic E-state index is 0.124. The number of ether oxygens (including phenoxy) is 1. The van der Waals surface area contributed by atoms with E-state index in [0.29, 0.717) is 18.3 Å². The molecule has 3 rings (SSSR count). The maximum atomic E-state index is 13.2. The summed E-state index contributed by atoms with van der Waals surface area (Å²) >= 11 is 0. The van der Waals surface area contributed by atoms with Crippen LogP contribution in [0, 0.1) is 15.9 Å². The van der Waals surface area contributed by atoms with Crippen LogP contribution in [-0.2, 0) is 11.3 Å². The Labute approximate surface area is 162 Å². The van der Waals surface area contributed by atoms with Gasteiger partial charge in [0, 0.05) is 30.5 Å². The smallest absolute Gasteiger partial charge is 0.282 e. The van der Waals surface area contributed by atoms with Crippen molar-refractivity contribution in [2.45, 2.75) is 38.4 Å². The van der Waals surface area contributed by atoms with Crippen molar-refractivity contribution >= 4 is 17.3 Å². The van der Waals surface area contributed by atoms with E-state index in [1.54, 1.807) is 12.1 Å². The molecule has 1 unspecified atom stereocenters. The fourth-order valence-electron chi connectivity index (χ4n) is 3.26. The Balaban J connectivity index is 1.76. The Bertz CT molecular complexity index is 868. The van der Waals surface area contributed by atoms with Crippen molar-refractivity contribution in [1.29, 1.82) is 0 Å². The molecule has 0 saturated heterocycles. The molecule has 0 bridgehead atoms. The number of methoxy groups -OCH3 is 1. The Morgan fingerprint density at radius 3 is 2.57 bits per heavy atom. The Kier molecular flexibility index (Phi) is 5.89. The third-order valence-corrected chi connectivity index (χ3v) is 5.02. The Morgan fingerprint density at radius 1 is 1.32 bits per heavy atom. The van der Waals surface area contributed by atoms with Crippen molar-refractivity contribution in [2.24, 2.45) is 0 Å². The summed E-state index contributed by atoms with van der Waals surface area (Å²) < 4.78 is 18.4. The summed E-state index contributed by atoms with van der Waals surface area (Å²) in [6.07, 6.45) is 2.07. The molecule has 2 N–H and O–H groups in total. The summed E-state index contributed by atoms with van der Waals surface area (Å²) in [4.78, 5) is 24.5. The first-order valence-corrected chi connectivity index (χ1v) is 9.12. The molecule has 0 radical (unpaired) electrons. The number of benzene rings is 2. The molecule has 2 atom stereocenters. The third-order valence-electron chi connectivity index (χ3n) is 5.02. The first kappa shape index (κ1) is 19.8. The molecule has 0 aliphatic heterocycles. The van der Waals surface area contributed by atoms with E-state index in [2.05, 4.69) is 5.32 Å². The molecule has 1 aliphatic rings. The molecule has 0 heterocycles. The SMILES string of the molecule is COc1ccc([N+](=O)[O-])cc1NC(=O)[C@@H](C)[NH+](Cc1ccc(F)cc1)C1CC1. The number of nitrogens with one attached hydrogen (secondary N) is 2. The number of rotatable bonds is 8. The van der Waals surface area contributed by atoms with Gasteiger partial charge in [-0.2, -0.15) is 0 Å². The second-order valence-corrected chi connectivity index (χ2v) is 7.01. The first-order chi connectivity index (χ1) is 13.4. The predicted octanol–water partition coefficient (Wildman–Crippen LogP) is 2.32. The van der Waals surface area contributed by atoms with Gasteiger partial charge >= 0.3 is 0 Å². The molecule has 2 aromatic carbocycles. The molecule has 0 aromatic heterocycles. The molecule has 148 valence electrons. The molecule has 1 amide bonds. The minimum Gasteiger partial charge on any atom is -0.495 e. The van der Waals surface area contributed by atoms with Crippen LogP contribution in [0.1, 0.15) is 25.3 Å². The van der Waals surface area contributed by atoms with Gasteiger partial charge in [-0.05, 0) is 25.1 Å². The van der Waals surface area contributed by atoms with Crippen LogP contribution in [0.2, 0.25) is 0 Å². The lowest BCUT2D eigenvalue weighted by molar-refractivity contribution is -0.938. The van der Waals surface area contributed by atoms with Gasteiger partial charge in [-0.15, -0.1) is 0 Å². The molecule has 8 heteroatoms. The normalized spacial score (nSPS) is 15.5. The monoisotopic (exact) mass is 388 g/mol. The van der Waals surface area contributed by atoms with Crippen LogP contribution in [0.15, 0.2) is 42.5 Å². The molecule has 28 heavy (non-hydrogen) atoms. The van der Waals surface area contributed by atoms with E-state index < -0.39 is 4.92 Å². The highest BCUT2D eigenvalue weighted by molar-refractivity contribution is 5.95. The number of nitrogens with zero attached hydrogens (tertiary/aromatic N) is 1. The van der Waals surface area contributed by atoms with E-state index in [1.807, 2.05) is 6.92 Å². The second-order valence-electron chi connectivity index (χ2n) is 7.01. The minimum atomic E-state index is -0.519. The lowest BCUT2D eigenvalue weighted by atomic mass is 10.1. The topological polar surface area (TPSA) is 85.9 Å². The van der Waals surface area contributed by atoms with Gasteiger partial charge in [-0.1, -0.05) is 12.1 Å². The van der Waals surface area contributed by atoms with Crippen LogP contribution in [0.3, 0.4) is 0 Å². The number of carbonyl (C=O) groups is 1. The van der Waals surface area contributed by atoms with Gasteiger partial charge in [0.25, 0.3) is 11.6 Å². The lowest BCUT2D eigenvalue weighted by Gasteiger charge is -2.25. The maximum Gasteiger partial charge on any atom is 0.282 e. The van der Waals surface area contributed by atoms with Crippen LogP contribution in [0.5, 0.6) is 5.75 Å². The number of nitro groups is 1. The van der Waals surface area contributed by atoms with Crippen LogP contribution in [-0.4, -0.2) is 30.0 Å². The van der Waals surface area contributed by atoms with Crippen molar-refractivity contribution in [3.63, 3.8) is 0 Å². The zero-order valence-corrected chi connectivity index (χ0v) is 15.8. The fourth-order valence-corrected chi connectivity index (χ4v) is 3.26. The van der Waals surface area contributed by atoms with E-state index in [9.17, 15) is 19.3 Å². The fraction of sp³-hybridized carbons (Fsp3) is 0.350. The summed E-state index contributed by atoms with van der Waals surface area (Å²) in [7, 11) is 1.44. The maximum absolute atomic E-state index is 13.2. The Hall–Kier alpha value is -3.00. The average molecular weight is 388 g/mol. The number of non-ortho nitro benzene ring substituents is 1. The number of hydrogen-bond acceptors (Lipinski definition) is 4. The number of quaternary nitrogens is 1. The third kappa shape index (κ3) is 4.64. The molecule has 1 saturated carbocycles. The molecule has 2 aromatic rings. The highest BCUT2D eigenvalue weighted by Gasteiger charge is 2.39. The summed E-state index contributed by atoms with van der Waals surface area (Å²) in [5, 5.41) is 13.8. The van der Waals surface area contributed by atoms with Crippen LogP contribution >= 0.6 is 0 Å². The van der Waals surface area contributed by atoms with E-state index in [1.165, 1.54) is 37.4 Å². The number of amides is 1. The number of anilines is 1. The van der Waals surface area contributed by atoms with Crippen molar-refractivity contribution in [3.05, 3.63) is 64.0 Å². The van der Waals surface area contributed by atoms with Gasteiger partial charge in [-0.25, -0.2) is 4.39 Å². The Morgan fingerprint density at radius 2 is 2.00 bits per heavy atom. The quantitative estimate of drug-likeness (QED) is 0.537. The summed E-state index contributed by atoms with van der Waals surface area (Å²) in [6.45, 7) is 2.43. The predicted molar refractivity (Wildman–Crippen MR) is 102 cm³/mol. The summed E-state index contributed by atoms with van der Waals surface area (Å²) in [5.74, 6) is -0.180. The molecule has 1 fully saturated rings. The van der Waals surface area contributed by atoms with Crippen molar-refractivity contribution in [1.82, 2.24) is 0 Å². The van der Waals surface area contributed by atoms with Crippen LogP contribution in [0.25, 0.3) is 0 Å². The largest absolute Gasteiger partial charge is 0.495 e. The van der Waals surface area contributed by atoms with Crippen molar-refractivity contribution in [2.75, 3.05) is 12.4 Å². The zero-order valence-electron chi connectivity index (χ0n) is 15.8. The molecular weight excluding hydrogens is 365 g/mol. The molecule has 0 spiro atoms. The number of carbonyl (C=O) groups excluding carboxylic acids is 1. The lowest BCUT2D eigenvalue weighted by Crippen LogP contribution is -3.16. The molecular formula is C20H23FN3O4+. The van der Waals surface area contributed by atoms with Gasteiger partial charge in [-0.3, -0.25) is 14.9 Å².